The van der Waals surface area contributed by atoms with Gasteiger partial charge in [0.05, 0.1) is 6.10 Å². The quantitative estimate of drug-likeness (QED) is 0.784. The molecule has 2 amide bonds. The molecule has 0 aliphatic carbocycles. The van der Waals surface area contributed by atoms with Crippen molar-refractivity contribution in [3.63, 3.8) is 0 Å². The van der Waals surface area contributed by atoms with Gasteiger partial charge in [-0.3, -0.25) is 9.59 Å². The maximum atomic E-state index is 13.1. The van der Waals surface area contributed by atoms with Gasteiger partial charge in [0, 0.05) is 26.1 Å². The summed E-state index contributed by atoms with van der Waals surface area (Å²) in [5.41, 5.74) is 0.796. The first kappa shape index (κ1) is 19.4. The highest BCUT2D eigenvalue weighted by atomic mass is 19.1. The molecule has 1 aromatic rings. The number of ether oxygens (including phenoxy) is 1. The molecule has 1 aliphatic rings. The largest absolute Gasteiger partial charge is 0.376 e. The zero-order valence-electron chi connectivity index (χ0n) is 15.0. The molecule has 138 valence electrons. The summed E-state index contributed by atoms with van der Waals surface area (Å²) in [6.07, 6.45) is 3.12. The average Bonchev–Trinajstić information content (AvgIpc) is 3.12. The van der Waals surface area contributed by atoms with Crippen LogP contribution < -0.4 is 5.32 Å². The van der Waals surface area contributed by atoms with Crippen LogP contribution in [0.25, 0.3) is 0 Å². The minimum absolute atomic E-state index is 0.0630. The van der Waals surface area contributed by atoms with Crippen LogP contribution in [0.15, 0.2) is 24.3 Å². The predicted octanol–water partition coefficient (Wildman–Crippen LogP) is 2.64. The van der Waals surface area contributed by atoms with E-state index in [-0.39, 0.29) is 30.3 Å². The van der Waals surface area contributed by atoms with Gasteiger partial charge in [0.1, 0.15) is 11.9 Å². The van der Waals surface area contributed by atoms with Crippen molar-refractivity contribution in [3.8, 4) is 0 Å². The van der Waals surface area contributed by atoms with E-state index in [9.17, 15) is 14.0 Å². The number of halogens is 1. The normalized spacial score (nSPS) is 18.0. The molecule has 1 heterocycles. The average molecular weight is 350 g/mol. The summed E-state index contributed by atoms with van der Waals surface area (Å²) in [7, 11) is 0. The van der Waals surface area contributed by atoms with E-state index in [1.807, 2.05) is 6.92 Å². The molecule has 2 atom stereocenters. The monoisotopic (exact) mass is 350 g/mol. The van der Waals surface area contributed by atoms with Crippen molar-refractivity contribution in [2.75, 3.05) is 13.2 Å². The molecule has 5 nitrogen and oxygen atoms in total. The van der Waals surface area contributed by atoms with Gasteiger partial charge in [0.2, 0.25) is 11.8 Å². The van der Waals surface area contributed by atoms with Crippen LogP contribution in [-0.4, -0.2) is 42.0 Å². The van der Waals surface area contributed by atoms with Gasteiger partial charge in [0.15, 0.2) is 0 Å². The maximum absolute atomic E-state index is 13.1. The van der Waals surface area contributed by atoms with Crippen LogP contribution in [0.5, 0.6) is 0 Å². The highest BCUT2D eigenvalue weighted by molar-refractivity contribution is 5.87. The lowest BCUT2D eigenvalue weighted by molar-refractivity contribution is -0.140. The minimum atomic E-state index is -0.592. The molecule has 0 spiro atoms. The van der Waals surface area contributed by atoms with Crippen molar-refractivity contribution < 1.29 is 18.7 Å². The molecule has 0 unspecified atom stereocenters. The smallest absolute Gasteiger partial charge is 0.242 e. The SMILES string of the molecule is CCCC(=O)N(Cc1ccc(F)cc1)[C@@H](C)C(=O)NC[C@H]1CCCO1. The summed E-state index contributed by atoms with van der Waals surface area (Å²) in [5, 5.41) is 2.88. The van der Waals surface area contributed by atoms with Gasteiger partial charge in [-0.1, -0.05) is 19.1 Å². The molecular weight excluding hydrogens is 323 g/mol. The fourth-order valence-corrected chi connectivity index (χ4v) is 2.89. The predicted molar refractivity (Wildman–Crippen MR) is 93.3 cm³/mol. The number of hydrogen-bond acceptors (Lipinski definition) is 3. The van der Waals surface area contributed by atoms with Gasteiger partial charge in [0.25, 0.3) is 0 Å². The van der Waals surface area contributed by atoms with Gasteiger partial charge < -0.3 is 15.0 Å². The fourth-order valence-electron chi connectivity index (χ4n) is 2.89. The highest BCUT2D eigenvalue weighted by Crippen LogP contribution is 2.14. The first-order valence-corrected chi connectivity index (χ1v) is 8.94. The summed E-state index contributed by atoms with van der Waals surface area (Å²) in [6, 6.07) is 5.40. The first-order valence-electron chi connectivity index (χ1n) is 8.94. The van der Waals surface area contributed by atoms with Crippen molar-refractivity contribution in [2.45, 2.75) is 58.2 Å². The third-order valence-electron chi connectivity index (χ3n) is 4.43. The number of amides is 2. The number of rotatable bonds is 8. The van der Waals surface area contributed by atoms with E-state index >= 15 is 0 Å². The molecule has 1 aromatic carbocycles. The second-order valence-corrected chi connectivity index (χ2v) is 6.45. The topological polar surface area (TPSA) is 58.6 Å². The van der Waals surface area contributed by atoms with Crippen molar-refractivity contribution in [3.05, 3.63) is 35.6 Å². The summed E-state index contributed by atoms with van der Waals surface area (Å²) in [5.74, 6) is -0.591. The Bertz CT molecular complexity index is 571. The summed E-state index contributed by atoms with van der Waals surface area (Å²) in [6.45, 7) is 5.14. The molecule has 0 aromatic heterocycles. The molecule has 1 aliphatic heterocycles. The van der Waals surface area contributed by atoms with E-state index in [1.165, 1.54) is 12.1 Å². The molecule has 2 rings (SSSR count). The van der Waals surface area contributed by atoms with Crippen molar-refractivity contribution in [1.82, 2.24) is 10.2 Å². The minimum Gasteiger partial charge on any atom is -0.376 e. The number of nitrogens with one attached hydrogen (secondary N) is 1. The van der Waals surface area contributed by atoms with Crippen LogP contribution in [0.1, 0.15) is 45.1 Å². The lowest BCUT2D eigenvalue weighted by Crippen LogP contribution is -2.48. The number of hydrogen-bond donors (Lipinski definition) is 1. The standard InChI is InChI=1S/C19H27FN2O3/c1-3-5-18(23)22(13-15-7-9-16(20)10-8-15)14(2)19(24)21-12-17-6-4-11-25-17/h7-10,14,17H,3-6,11-13H2,1-2H3,(H,21,24)/t14-,17+/m0/s1. The Kier molecular flexibility index (Phi) is 7.37. The van der Waals surface area contributed by atoms with Gasteiger partial charge in [-0.05, 0) is 43.9 Å². The molecule has 0 radical (unpaired) electrons. The molecule has 0 saturated carbocycles. The molecule has 0 bridgehead atoms. The van der Waals surface area contributed by atoms with Crippen molar-refractivity contribution in [1.29, 1.82) is 0 Å². The first-order chi connectivity index (χ1) is 12.0. The molecule has 1 N–H and O–H groups in total. The van der Waals surface area contributed by atoms with E-state index < -0.39 is 6.04 Å². The van der Waals surface area contributed by atoms with Crippen LogP contribution in [0.2, 0.25) is 0 Å². The van der Waals surface area contributed by atoms with Gasteiger partial charge in [-0.2, -0.15) is 0 Å². The maximum Gasteiger partial charge on any atom is 0.242 e. The molecule has 25 heavy (non-hydrogen) atoms. The Balaban J connectivity index is 2.00. The third kappa shape index (κ3) is 5.81. The highest BCUT2D eigenvalue weighted by Gasteiger charge is 2.26. The van der Waals surface area contributed by atoms with Crippen LogP contribution in [-0.2, 0) is 20.9 Å². The van der Waals surface area contributed by atoms with E-state index in [1.54, 1.807) is 24.0 Å². The second kappa shape index (κ2) is 9.51. The second-order valence-electron chi connectivity index (χ2n) is 6.45. The molecule has 6 heteroatoms. The van der Waals surface area contributed by atoms with E-state index in [0.717, 1.165) is 25.0 Å². The molecule has 1 saturated heterocycles. The summed E-state index contributed by atoms with van der Waals surface area (Å²) >= 11 is 0. The van der Waals surface area contributed by atoms with Crippen LogP contribution in [0.4, 0.5) is 4.39 Å². The Hall–Kier alpha value is -1.95. The number of nitrogens with zero attached hydrogens (tertiary/aromatic N) is 1. The number of carbonyl (C=O) groups is 2. The zero-order valence-corrected chi connectivity index (χ0v) is 15.0. The number of benzene rings is 1. The van der Waals surface area contributed by atoms with Crippen molar-refractivity contribution in [2.24, 2.45) is 0 Å². The lowest BCUT2D eigenvalue weighted by atomic mass is 10.1. The third-order valence-corrected chi connectivity index (χ3v) is 4.43. The Morgan fingerprint density at radius 3 is 2.68 bits per heavy atom. The Labute approximate surface area is 148 Å². The Morgan fingerprint density at radius 2 is 2.08 bits per heavy atom. The summed E-state index contributed by atoms with van der Waals surface area (Å²) in [4.78, 5) is 26.5. The number of carbonyl (C=O) groups excluding carboxylic acids is 2. The lowest BCUT2D eigenvalue weighted by Gasteiger charge is -2.29. The van der Waals surface area contributed by atoms with Crippen LogP contribution in [0.3, 0.4) is 0 Å². The van der Waals surface area contributed by atoms with Crippen LogP contribution >= 0.6 is 0 Å². The van der Waals surface area contributed by atoms with Gasteiger partial charge in [-0.15, -0.1) is 0 Å². The fraction of sp³-hybridized carbons (Fsp3) is 0.579. The molecule has 1 fully saturated rings. The van der Waals surface area contributed by atoms with E-state index in [2.05, 4.69) is 5.32 Å². The van der Waals surface area contributed by atoms with E-state index in [0.29, 0.717) is 19.4 Å². The zero-order chi connectivity index (χ0) is 18.2. The van der Waals surface area contributed by atoms with Gasteiger partial charge in [-0.25, -0.2) is 4.39 Å². The van der Waals surface area contributed by atoms with Gasteiger partial charge >= 0.3 is 0 Å². The van der Waals surface area contributed by atoms with Crippen molar-refractivity contribution >= 4 is 11.8 Å². The molecular formula is C19H27FN2O3. The Morgan fingerprint density at radius 1 is 1.36 bits per heavy atom. The van der Waals surface area contributed by atoms with E-state index in [4.69, 9.17) is 4.74 Å². The summed E-state index contributed by atoms with van der Waals surface area (Å²) < 4.78 is 18.6. The van der Waals surface area contributed by atoms with Crippen LogP contribution in [0, 0.1) is 5.82 Å².